The molecule has 3 aromatic carbocycles. The fourth-order valence-electron chi connectivity index (χ4n) is 3.56. The second-order valence-corrected chi connectivity index (χ2v) is 9.58. The molecule has 0 aliphatic rings. The molecule has 11 heteroatoms. The number of methoxy groups -OCH3 is 3. The molecule has 0 radical (unpaired) electrons. The quantitative estimate of drug-likeness (QED) is 0.248. The molecule has 0 atom stereocenters. The Morgan fingerprint density at radius 3 is 2.22 bits per heavy atom. The van der Waals surface area contributed by atoms with Crippen LogP contribution in [-0.4, -0.2) is 42.0 Å². The van der Waals surface area contributed by atoms with Gasteiger partial charge in [0, 0.05) is 21.5 Å². The lowest BCUT2D eigenvalue weighted by molar-refractivity contribution is 0.0949. The zero-order chi connectivity index (χ0) is 26.4. The molecule has 0 aliphatic carbocycles. The van der Waals surface area contributed by atoms with Gasteiger partial charge >= 0.3 is 0 Å². The van der Waals surface area contributed by atoms with Crippen molar-refractivity contribution in [3.8, 4) is 22.9 Å². The summed E-state index contributed by atoms with van der Waals surface area (Å²) < 4.78 is 32.4. The maximum Gasteiger partial charge on any atom is 0.251 e. The molecule has 0 fully saturated rings. The topological polar surface area (TPSA) is 87.5 Å². The van der Waals surface area contributed by atoms with Crippen LogP contribution in [0, 0.1) is 5.82 Å². The average molecular weight is 587 g/mol. The minimum atomic E-state index is -0.364. The smallest absolute Gasteiger partial charge is 0.251 e. The average Bonchev–Trinajstić information content (AvgIpc) is 3.33. The van der Waals surface area contributed by atoms with E-state index in [1.54, 1.807) is 28.8 Å². The molecule has 0 aliphatic heterocycles. The fourth-order valence-corrected chi connectivity index (χ4v) is 4.75. The Morgan fingerprint density at radius 1 is 0.973 bits per heavy atom. The van der Waals surface area contributed by atoms with E-state index in [0.717, 1.165) is 10.0 Å². The molecular formula is C26H24BrFN4O4S. The number of hydrogen-bond acceptors (Lipinski definition) is 7. The largest absolute Gasteiger partial charge is 0.493 e. The molecule has 4 rings (SSSR count). The van der Waals surface area contributed by atoms with E-state index in [1.807, 2.05) is 24.3 Å². The van der Waals surface area contributed by atoms with Gasteiger partial charge in [0.15, 0.2) is 22.5 Å². The third-order valence-corrected chi connectivity index (χ3v) is 6.93. The highest BCUT2D eigenvalue weighted by Gasteiger charge is 2.19. The van der Waals surface area contributed by atoms with Gasteiger partial charge in [-0.3, -0.25) is 9.36 Å². The summed E-state index contributed by atoms with van der Waals surface area (Å²) >= 11 is 4.93. The Kier molecular flexibility index (Phi) is 8.67. The lowest BCUT2D eigenvalue weighted by Gasteiger charge is -2.14. The molecule has 192 valence electrons. The summed E-state index contributed by atoms with van der Waals surface area (Å²) in [7, 11) is 4.46. The third kappa shape index (κ3) is 6.23. The van der Waals surface area contributed by atoms with Crippen molar-refractivity contribution in [2.45, 2.75) is 17.5 Å². The first-order chi connectivity index (χ1) is 17.9. The summed E-state index contributed by atoms with van der Waals surface area (Å²) in [5, 5.41) is 12.1. The number of halogens is 2. The van der Waals surface area contributed by atoms with Gasteiger partial charge in [-0.1, -0.05) is 39.8 Å². The van der Waals surface area contributed by atoms with Crippen LogP contribution in [0.1, 0.15) is 21.7 Å². The number of hydrogen-bond donors (Lipinski definition) is 1. The van der Waals surface area contributed by atoms with E-state index in [0.29, 0.717) is 45.2 Å². The van der Waals surface area contributed by atoms with Gasteiger partial charge in [-0.15, -0.1) is 10.2 Å². The highest BCUT2D eigenvalue weighted by molar-refractivity contribution is 9.10. The molecule has 1 heterocycles. The second-order valence-electron chi connectivity index (χ2n) is 7.72. The number of carbonyl (C=O) groups excluding carboxylic acids is 1. The van der Waals surface area contributed by atoms with Gasteiger partial charge in [0.25, 0.3) is 5.91 Å². The summed E-state index contributed by atoms with van der Waals surface area (Å²) in [6.07, 6.45) is 0. The van der Waals surface area contributed by atoms with Crippen LogP contribution in [-0.2, 0) is 12.3 Å². The Bertz CT molecular complexity index is 1360. The number of carbonyl (C=O) groups is 1. The molecule has 8 nitrogen and oxygen atoms in total. The van der Waals surface area contributed by atoms with Gasteiger partial charge in [0.2, 0.25) is 5.75 Å². The monoisotopic (exact) mass is 586 g/mol. The van der Waals surface area contributed by atoms with E-state index in [4.69, 9.17) is 14.2 Å². The van der Waals surface area contributed by atoms with Gasteiger partial charge in [0.1, 0.15) is 5.82 Å². The van der Waals surface area contributed by atoms with Crippen LogP contribution >= 0.6 is 27.7 Å². The molecule has 4 aromatic rings. The van der Waals surface area contributed by atoms with Gasteiger partial charge in [-0.05, 0) is 54.1 Å². The highest BCUT2D eigenvalue weighted by atomic mass is 79.9. The minimum Gasteiger partial charge on any atom is -0.493 e. The van der Waals surface area contributed by atoms with Crippen LogP contribution in [0.3, 0.4) is 0 Å². The van der Waals surface area contributed by atoms with Crippen LogP contribution < -0.4 is 19.5 Å². The first kappa shape index (κ1) is 26.5. The van der Waals surface area contributed by atoms with Gasteiger partial charge in [-0.2, -0.15) is 0 Å². The molecule has 0 saturated carbocycles. The Morgan fingerprint density at radius 2 is 1.62 bits per heavy atom. The van der Waals surface area contributed by atoms with E-state index in [9.17, 15) is 9.18 Å². The molecule has 0 bridgehead atoms. The highest BCUT2D eigenvalue weighted by Crippen LogP contribution is 2.38. The second kappa shape index (κ2) is 12.1. The lowest BCUT2D eigenvalue weighted by atomic mass is 10.1. The maximum absolute atomic E-state index is 13.6. The number of aromatic nitrogens is 3. The summed E-state index contributed by atoms with van der Waals surface area (Å²) in [4.78, 5) is 13.0. The van der Waals surface area contributed by atoms with Crippen LogP contribution in [0.25, 0.3) is 5.69 Å². The van der Waals surface area contributed by atoms with Gasteiger partial charge < -0.3 is 19.5 Å². The SMILES string of the molecule is COc1cc(C(=O)NCc2nnc(SCc3ccc(Br)cc3)n2-c2ccc(F)cc2)cc(OC)c1OC. The Labute approximate surface area is 226 Å². The van der Waals surface area contributed by atoms with Crippen molar-refractivity contribution in [3.05, 3.63) is 87.9 Å². The molecule has 0 spiro atoms. The summed E-state index contributed by atoms with van der Waals surface area (Å²) in [5.41, 5.74) is 2.12. The summed E-state index contributed by atoms with van der Waals surface area (Å²) in [6, 6.07) is 17.2. The van der Waals surface area contributed by atoms with Crippen molar-refractivity contribution in [1.29, 1.82) is 0 Å². The number of benzene rings is 3. The minimum absolute atomic E-state index is 0.0821. The first-order valence-electron chi connectivity index (χ1n) is 11.1. The summed E-state index contributed by atoms with van der Waals surface area (Å²) in [5.74, 6) is 1.57. The Hall–Kier alpha value is -3.57. The zero-order valence-corrected chi connectivity index (χ0v) is 22.7. The molecule has 1 N–H and O–H groups in total. The molecule has 0 saturated heterocycles. The van der Waals surface area contributed by atoms with Crippen LogP contribution in [0.15, 0.2) is 70.3 Å². The van der Waals surface area contributed by atoms with Crippen molar-refractivity contribution < 1.29 is 23.4 Å². The van der Waals surface area contributed by atoms with Gasteiger partial charge in [-0.25, -0.2) is 4.39 Å². The standard InChI is InChI=1S/C26H24BrFN4O4S/c1-34-21-12-17(13-22(35-2)24(21)36-3)25(33)29-14-23-30-31-26(32(23)20-10-8-19(28)9-11-20)37-15-16-4-6-18(27)7-5-16/h4-13H,14-15H2,1-3H3,(H,29,33). The first-order valence-corrected chi connectivity index (χ1v) is 12.9. The van der Waals surface area contributed by atoms with E-state index < -0.39 is 0 Å². The molecular weight excluding hydrogens is 563 g/mol. The molecule has 0 unspecified atom stereocenters. The third-order valence-electron chi connectivity index (χ3n) is 5.40. The Balaban J connectivity index is 1.58. The number of nitrogens with zero attached hydrogens (tertiary/aromatic N) is 3. The van der Waals surface area contributed by atoms with E-state index in [-0.39, 0.29) is 18.3 Å². The van der Waals surface area contributed by atoms with Crippen molar-refractivity contribution in [3.63, 3.8) is 0 Å². The predicted octanol–water partition coefficient (Wildman–Crippen LogP) is 5.42. The molecule has 1 amide bonds. The normalized spacial score (nSPS) is 10.7. The number of amides is 1. The maximum atomic E-state index is 13.6. The molecule has 1 aromatic heterocycles. The van der Waals surface area contributed by atoms with E-state index in [1.165, 1.54) is 45.2 Å². The number of ether oxygens (including phenoxy) is 3. The van der Waals surface area contributed by atoms with Crippen molar-refractivity contribution in [1.82, 2.24) is 20.1 Å². The number of nitrogens with one attached hydrogen (secondary N) is 1. The predicted molar refractivity (Wildman–Crippen MR) is 142 cm³/mol. The van der Waals surface area contributed by atoms with Crippen LogP contribution in [0.4, 0.5) is 4.39 Å². The lowest BCUT2D eigenvalue weighted by Crippen LogP contribution is -2.24. The number of thioether (sulfide) groups is 1. The fraction of sp³-hybridized carbons (Fsp3) is 0.192. The zero-order valence-electron chi connectivity index (χ0n) is 20.3. The van der Waals surface area contributed by atoms with Crippen molar-refractivity contribution in [2.75, 3.05) is 21.3 Å². The van der Waals surface area contributed by atoms with Crippen molar-refractivity contribution >= 4 is 33.6 Å². The van der Waals surface area contributed by atoms with Crippen LogP contribution in [0.5, 0.6) is 17.2 Å². The van der Waals surface area contributed by atoms with Crippen molar-refractivity contribution in [2.24, 2.45) is 0 Å². The summed E-state index contributed by atoms with van der Waals surface area (Å²) in [6.45, 7) is 0.0821. The van der Waals surface area contributed by atoms with Crippen LogP contribution in [0.2, 0.25) is 0 Å². The van der Waals surface area contributed by atoms with E-state index in [2.05, 4.69) is 31.4 Å². The molecule has 37 heavy (non-hydrogen) atoms. The number of rotatable bonds is 10. The van der Waals surface area contributed by atoms with E-state index >= 15 is 0 Å². The van der Waals surface area contributed by atoms with Gasteiger partial charge in [0.05, 0.1) is 27.9 Å².